The van der Waals surface area contributed by atoms with E-state index in [9.17, 15) is 4.79 Å². The lowest BCUT2D eigenvalue weighted by Gasteiger charge is -2.33. The fourth-order valence-electron chi connectivity index (χ4n) is 2.22. The Kier molecular flexibility index (Phi) is 6.09. The smallest absolute Gasteiger partial charge is 0.248 e. The number of ether oxygens (including phenoxy) is 1. The third-order valence-electron chi connectivity index (χ3n) is 3.52. The molecule has 0 saturated heterocycles. The molecule has 0 spiro atoms. The molecule has 0 aromatic heterocycles. The van der Waals surface area contributed by atoms with Crippen molar-refractivity contribution in [2.45, 2.75) is 64.5 Å². The molecule has 0 heterocycles. The van der Waals surface area contributed by atoms with Gasteiger partial charge >= 0.3 is 0 Å². The summed E-state index contributed by atoms with van der Waals surface area (Å²) in [6, 6.07) is 0. The number of nitrogens with one attached hydrogen (secondary N) is 1. The first kappa shape index (κ1) is 15.4. The van der Waals surface area contributed by atoms with Crippen LogP contribution >= 0.6 is 0 Å². The van der Waals surface area contributed by atoms with Crippen molar-refractivity contribution in [1.82, 2.24) is 5.32 Å². The molecule has 1 amide bonds. The number of rotatable bonds is 6. The van der Waals surface area contributed by atoms with E-state index >= 15 is 0 Å². The van der Waals surface area contributed by atoms with Gasteiger partial charge in [-0.2, -0.15) is 0 Å². The second-order valence-electron chi connectivity index (χ2n) is 6.02. The highest BCUT2D eigenvalue weighted by Gasteiger charge is 2.29. The Morgan fingerprint density at radius 2 is 1.89 bits per heavy atom. The van der Waals surface area contributed by atoms with Gasteiger partial charge in [-0.05, 0) is 25.7 Å². The molecule has 0 aliphatic heterocycles. The van der Waals surface area contributed by atoms with Crippen LogP contribution in [-0.4, -0.2) is 30.7 Å². The average Bonchev–Trinajstić information content (AvgIpc) is 2.34. The Hall–Kier alpha value is -0.610. The maximum Gasteiger partial charge on any atom is 0.248 e. The average molecular weight is 256 g/mol. The van der Waals surface area contributed by atoms with Gasteiger partial charge in [0, 0.05) is 12.1 Å². The molecule has 1 aliphatic rings. The number of carbonyl (C=O) groups is 1. The summed E-state index contributed by atoms with van der Waals surface area (Å²) in [7, 11) is 0. The van der Waals surface area contributed by atoms with Gasteiger partial charge in [-0.15, -0.1) is 0 Å². The predicted molar refractivity (Wildman–Crippen MR) is 73.3 cm³/mol. The second kappa shape index (κ2) is 7.10. The van der Waals surface area contributed by atoms with Gasteiger partial charge in [0.15, 0.2) is 0 Å². The minimum Gasteiger partial charge on any atom is -0.367 e. The minimum atomic E-state index is -0.411. The summed E-state index contributed by atoms with van der Waals surface area (Å²) in [5.41, 5.74) is 6.06. The van der Waals surface area contributed by atoms with Crippen LogP contribution in [0.2, 0.25) is 0 Å². The highest BCUT2D eigenvalue weighted by molar-refractivity contribution is 5.80. The largest absolute Gasteiger partial charge is 0.367 e. The van der Waals surface area contributed by atoms with E-state index in [-0.39, 0.29) is 11.4 Å². The normalized spacial score (nSPS) is 20.7. The Labute approximate surface area is 111 Å². The Morgan fingerprint density at radius 3 is 2.44 bits per heavy atom. The summed E-state index contributed by atoms with van der Waals surface area (Å²) in [6.45, 7) is 7.12. The van der Waals surface area contributed by atoms with Crippen LogP contribution in [0.3, 0.4) is 0 Å². The van der Waals surface area contributed by atoms with E-state index in [2.05, 4.69) is 19.2 Å². The van der Waals surface area contributed by atoms with Gasteiger partial charge in [0.25, 0.3) is 0 Å². The zero-order chi connectivity index (χ0) is 13.6. The number of amides is 1. The Bertz CT molecular complexity index is 261. The predicted octanol–water partition coefficient (Wildman–Crippen LogP) is 1.83. The molecule has 3 N–H and O–H groups in total. The summed E-state index contributed by atoms with van der Waals surface area (Å²) >= 11 is 0. The molecule has 0 bridgehead atoms. The molecule has 1 atom stereocenters. The number of nitrogens with two attached hydrogens (primary N) is 1. The summed E-state index contributed by atoms with van der Waals surface area (Å²) < 4.78 is 5.64. The molecule has 0 radical (unpaired) electrons. The Balaban J connectivity index is 2.26. The lowest BCUT2D eigenvalue weighted by atomic mass is 9.83. The van der Waals surface area contributed by atoms with Crippen LogP contribution in [0, 0.1) is 5.92 Å². The van der Waals surface area contributed by atoms with Crippen LogP contribution in [0.4, 0.5) is 0 Å². The van der Waals surface area contributed by atoms with Gasteiger partial charge in [-0.1, -0.05) is 33.1 Å². The van der Waals surface area contributed by atoms with Crippen LogP contribution in [0.1, 0.15) is 52.9 Å². The number of carbonyl (C=O) groups excluding carboxylic acids is 1. The van der Waals surface area contributed by atoms with E-state index in [1.54, 1.807) is 6.92 Å². The molecule has 1 aliphatic carbocycles. The molecule has 0 aromatic carbocycles. The fraction of sp³-hybridized carbons (Fsp3) is 0.929. The van der Waals surface area contributed by atoms with Crippen molar-refractivity contribution in [1.29, 1.82) is 0 Å². The van der Waals surface area contributed by atoms with Crippen molar-refractivity contribution in [3.63, 3.8) is 0 Å². The highest BCUT2D eigenvalue weighted by atomic mass is 16.5. The molecule has 1 rings (SSSR count). The van der Waals surface area contributed by atoms with Gasteiger partial charge in [0.1, 0.15) is 6.10 Å². The maximum absolute atomic E-state index is 11.7. The van der Waals surface area contributed by atoms with Crippen LogP contribution < -0.4 is 11.1 Å². The maximum atomic E-state index is 11.7. The molecule has 106 valence electrons. The van der Waals surface area contributed by atoms with Gasteiger partial charge in [-0.3, -0.25) is 4.79 Å². The van der Waals surface area contributed by atoms with E-state index < -0.39 is 6.10 Å². The van der Waals surface area contributed by atoms with Crippen LogP contribution in [-0.2, 0) is 9.53 Å². The van der Waals surface area contributed by atoms with Crippen LogP contribution in [0.15, 0.2) is 0 Å². The number of hydrogen-bond acceptors (Lipinski definition) is 3. The summed E-state index contributed by atoms with van der Waals surface area (Å²) in [4.78, 5) is 11.7. The Morgan fingerprint density at radius 1 is 1.28 bits per heavy atom. The third-order valence-corrected chi connectivity index (χ3v) is 3.52. The molecule has 18 heavy (non-hydrogen) atoms. The zero-order valence-electron chi connectivity index (χ0n) is 12.0. The first-order chi connectivity index (χ1) is 8.43. The highest BCUT2D eigenvalue weighted by Crippen LogP contribution is 2.26. The quantitative estimate of drug-likeness (QED) is 0.762. The van der Waals surface area contributed by atoms with E-state index in [0.717, 1.165) is 12.8 Å². The van der Waals surface area contributed by atoms with Crippen molar-refractivity contribution in [3.8, 4) is 0 Å². The third kappa shape index (κ3) is 5.36. The monoisotopic (exact) mass is 256 g/mol. The second-order valence-corrected chi connectivity index (χ2v) is 6.02. The van der Waals surface area contributed by atoms with E-state index in [1.165, 1.54) is 19.3 Å². The SMILES string of the molecule is CC(C)CNC(=O)C(C)OCC1(N)CCCCC1. The van der Waals surface area contributed by atoms with Crippen molar-refractivity contribution >= 4 is 5.91 Å². The summed E-state index contributed by atoms with van der Waals surface area (Å²) in [6.07, 6.45) is 5.22. The molecule has 4 nitrogen and oxygen atoms in total. The minimum absolute atomic E-state index is 0.0388. The van der Waals surface area contributed by atoms with E-state index in [0.29, 0.717) is 19.1 Å². The van der Waals surface area contributed by atoms with Gasteiger partial charge in [0.05, 0.1) is 6.61 Å². The topological polar surface area (TPSA) is 64.3 Å². The standard InChI is InChI=1S/C14H28N2O2/c1-11(2)9-16-13(17)12(3)18-10-14(15)7-5-4-6-8-14/h11-12H,4-10,15H2,1-3H3,(H,16,17). The van der Waals surface area contributed by atoms with E-state index in [1.807, 2.05) is 0 Å². The van der Waals surface area contributed by atoms with E-state index in [4.69, 9.17) is 10.5 Å². The van der Waals surface area contributed by atoms with Crippen LogP contribution in [0.25, 0.3) is 0 Å². The number of hydrogen-bond donors (Lipinski definition) is 2. The molecule has 1 unspecified atom stereocenters. The van der Waals surface area contributed by atoms with Gasteiger partial charge in [0.2, 0.25) is 5.91 Å². The molecule has 1 fully saturated rings. The van der Waals surface area contributed by atoms with Crippen molar-refractivity contribution in [2.24, 2.45) is 11.7 Å². The van der Waals surface area contributed by atoms with Gasteiger partial charge < -0.3 is 15.8 Å². The zero-order valence-corrected chi connectivity index (χ0v) is 12.0. The van der Waals surface area contributed by atoms with Crippen LogP contribution in [0.5, 0.6) is 0 Å². The summed E-state index contributed by atoms with van der Waals surface area (Å²) in [5.74, 6) is 0.420. The van der Waals surface area contributed by atoms with Crippen molar-refractivity contribution < 1.29 is 9.53 Å². The first-order valence-electron chi connectivity index (χ1n) is 7.11. The molecule has 4 heteroatoms. The molecule has 0 aromatic rings. The summed E-state index contributed by atoms with van der Waals surface area (Å²) in [5, 5.41) is 2.88. The van der Waals surface area contributed by atoms with Gasteiger partial charge in [-0.25, -0.2) is 0 Å². The van der Waals surface area contributed by atoms with Crippen molar-refractivity contribution in [2.75, 3.05) is 13.2 Å². The first-order valence-corrected chi connectivity index (χ1v) is 7.11. The lowest BCUT2D eigenvalue weighted by molar-refractivity contribution is -0.133. The molecular formula is C14H28N2O2. The lowest BCUT2D eigenvalue weighted by Crippen LogP contribution is -2.48. The fourth-order valence-corrected chi connectivity index (χ4v) is 2.22. The molecular weight excluding hydrogens is 228 g/mol. The van der Waals surface area contributed by atoms with Crippen molar-refractivity contribution in [3.05, 3.63) is 0 Å². The molecule has 1 saturated carbocycles.